The first kappa shape index (κ1) is 21.2. The molecule has 158 valence electrons. The fourth-order valence-electron chi connectivity index (χ4n) is 3.21. The lowest BCUT2D eigenvalue weighted by Crippen LogP contribution is -2.53. The number of nitrogens with zero attached hydrogens (tertiary/aromatic N) is 2. The molecule has 8 nitrogen and oxygen atoms in total. The average Bonchev–Trinajstić information content (AvgIpc) is 2.74. The van der Waals surface area contributed by atoms with Gasteiger partial charge in [-0.1, -0.05) is 6.07 Å². The number of carbonyl (C=O) groups excluding carboxylic acids is 3. The molecule has 2 aromatic rings. The van der Waals surface area contributed by atoms with Gasteiger partial charge in [0, 0.05) is 38.7 Å². The zero-order valence-electron chi connectivity index (χ0n) is 16.9. The maximum Gasteiger partial charge on any atom is 0.308 e. The number of phenols is 1. The van der Waals surface area contributed by atoms with Gasteiger partial charge in [0.25, 0.3) is 11.8 Å². The molecule has 8 heteroatoms. The molecule has 0 saturated carbocycles. The van der Waals surface area contributed by atoms with Crippen molar-refractivity contribution in [1.29, 1.82) is 0 Å². The summed E-state index contributed by atoms with van der Waals surface area (Å²) in [6, 6.07) is 12.7. The van der Waals surface area contributed by atoms with Crippen molar-refractivity contribution in [1.82, 2.24) is 9.80 Å². The van der Waals surface area contributed by atoms with Crippen LogP contribution >= 0.6 is 0 Å². The number of hydrogen-bond donors (Lipinski definition) is 1. The van der Waals surface area contributed by atoms with Gasteiger partial charge < -0.3 is 24.4 Å². The summed E-state index contributed by atoms with van der Waals surface area (Å²) in [5, 5.41) is 9.32. The van der Waals surface area contributed by atoms with Gasteiger partial charge in [-0.15, -0.1) is 0 Å². The second-order valence-corrected chi connectivity index (χ2v) is 6.99. The van der Waals surface area contributed by atoms with Crippen LogP contribution < -0.4 is 9.47 Å². The number of aromatic hydroxyl groups is 1. The minimum Gasteiger partial charge on any atom is -0.508 e. The monoisotopic (exact) mass is 412 g/mol. The Labute approximate surface area is 174 Å². The average molecular weight is 412 g/mol. The van der Waals surface area contributed by atoms with Crippen LogP contribution in [-0.2, 0) is 9.59 Å². The molecule has 1 saturated heterocycles. The molecule has 1 aliphatic heterocycles. The highest BCUT2D eigenvalue weighted by Gasteiger charge is 2.28. The molecule has 30 heavy (non-hydrogen) atoms. The van der Waals surface area contributed by atoms with E-state index in [0.717, 1.165) is 0 Å². The molecule has 1 aliphatic rings. The Morgan fingerprint density at radius 3 is 2.20 bits per heavy atom. The number of hydrogen-bond acceptors (Lipinski definition) is 6. The van der Waals surface area contributed by atoms with Crippen molar-refractivity contribution in [3.05, 3.63) is 54.1 Å². The van der Waals surface area contributed by atoms with Gasteiger partial charge >= 0.3 is 5.97 Å². The highest BCUT2D eigenvalue weighted by Crippen LogP contribution is 2.19. The molecular weight excluding hydrogens is 388 g/mol. The van der Waals surface area contributed by atoms with E-state index >= 15 is 0 Å². The van der Waals surface area contributed by atoms with E-state index in [2.05, 4.69) is 0 Å². The Bertz CT molecular complexity index is 919. The Hall–Kier alpha value is -3.55. The van der Waals surface area contributed by atoms with Gasteiger partial charge in [-0.05, 0) is 49.4 Å². The molecule has 0 bridgehead atoms. The fraction of sp³-hybridized carbons (Fsp3) is 0.318. The van der Waals surface area contributed by atoms with Gasteiger partial charge in [-0.3, -0.25) is 14.4 Å². The lowest BCUT2D eigenvalue weighted by molar-refractivity contribution is -0.139. The summed E-state index contributed by atoms with van der Waals surface area (Å²) in [4.78, 5) is 39.9. The first-order chi connectivity index (χ1) is 14.3. The predicted molar refractivity (Wildman–Crippen MR) is 108 cm³/mol. The van der Waals surface area contributed by atoms with Gasteiger partial charge in [0.15, 0.2) is 6.10 Å². The zero-order chi connectivity index (χ0) is 21.7. The number of carbonyl (C=O) groups is 3. The largest absolute Gasteiger partial charge is 0.508 e. The Balaban J connectivity index is 1.54. The van der Waals surface area contributed by atoms with Gasteiger partial charge in [-0.2, -0.15) is 0 Å². The highest BCUT2D eigenvalue weighted by molar-refractivity contribution is 5.95. The number of piperazine rings is 1. The minimum absolute atomic E-state index is 0.125. The summed E-state index contributed by atoms with van der Waals surface area (Å²) in [5.41, 5.74) is 0.428. The second-order valence-electron chi connectivity index (χ2n) is 6.99. The smallest absolute Gasteiger partial charge is 0.308 e. The Morgan fingerprint density at radius 2 is 1.57 bits per heavy atom. The number of phenolic OH excluding ortho intramolecular Hbond substituents is 1. The SMILES string of the molecule is CC(=O)Oc1cccc(C(=O)N2CCN(C(=O)C(C)Oc3ccc(O)cc3)CC2)c1. The molecule has 0 radical (unpaired) electrons. The second kappa shape index (κ2) is 9.30. The standard InChI is InChI=1S/C22H24N2O6/c1-15(29-19-8-6-18(26)7-9-19)21(27)23-10-12-24(13-11-23)22(28)17-4-3-5-20(14-17)30-16(2)25/h3-9,14-15,26H,10-13H2,1-2H3. The molecule has 1 fully saturated rings. The third kappa shape index (κ3) is 5.28. The van der Waals surface area contributed by atoms with Crippen molar-refractivity contribution in [2.45, 2.75) is 20.0 Å². The van der Waals surface area contributed by atoms with Crippen LogP contribution in [0.4, 0.5) is 0 Å². The summed E-state index contributed by atoms with van der Waals surface area (Å²) >= 11 is 0. The number of rotatable bonds is 5. The summed E-state index contributed by atoms with van der Waals surface area (Å²) in [7, 11) is 0. The van der Waals surface area contributed by atoms with Crippen molar-refractivity contribution in [2.75, 3.05) is 26.2 Å². The van der Waals surface area contributed by atoms with E-state index in [0.29, 0.717) is 43.2 Å². The zero-order valence-corrected chi connectivity index (χ0v) is 16.9. The third-order valence-corrected chi connectivity index (χ3v) is 4.72. The van der Waals surface area contributed by atoms with Crippen molar-refractivity contribution >= 4 is 17.8 Å². The molecule has 1 atom stereocenters. The van der Waals surface area contributed by atoms with Gasteiger partial charge in [-0.25, -0.2) is 0 Å². The van der Waals surface area contributed by atoms with E-state index in [1.807, 2.05) is 0 Å². The molecule has 0 spiro atoms. The van der Waals surface area contributed by atoms with Crippen molar-refractivity contribution < 1.29 is 29.0 Å². The van der Waals surface area contributed by atoms with E-state index < -0.39 is 12.1 Å². The summed E-state index contributed by atoms with van der Waals surface area (Å²) < 4.78 is 10.7. The van der Waals surface area contributed by atoms with Gasteiger partial charge in [0.05, 0.1) is 0 Å². The van der Waals surface area contributed by atoms with E-state index in [4.69, 9.17) is 9.47 Å². The van der Waals surface area contributed by atoms with Crippen LogP contribution in [0.2, 0.25) is 0 Å². The molecule has 2 aromatic carbocycles. The molecule has 3 rings (SSSR count). The number of benzene rings is 2. The minimum atomic E-state index is -0.683. The van der Waals surface area contributed by atoms with Crippen LogP contribution in [0.5, 0.6) is 17.2 Å². The summed E-state index contributed by atoms with van der Waals surface area (Å²) in [6.07, 6.45) is -0.683. The van der Waals surface area contributed by atoms with E-state index in [1.165, 1.54) is 25.1 Å². The first-order valence-electron chi connectivity index (χ1n) is 9.65. The number of esters is 1. The van der Waals surface area contributed by atoms with E-state index in [-0.39, 0.29) is 17.6 Å². The Kier molecular flexibility index (Phi) is 6.56. The third-order valence-electron chi connectivity index (χ3n) is 4.72. The molecule has 0 aromatic heterocycles. The van der Waals surface area contributed by atoms with E-state index in [9.17, 15) is 19.5 Å². The fourth-order valence-corrected chi connectivity index (χ4v) is 3.21. The van der Waals surface area contributed by atoms with Crippen LogP contribution in [-0.4, -0.2) is 65.0 Å². The topological polar surface area (TPSA) is 96.4 Å². The molecular formula is C22H24N2O6. The van der Waals surface area contributed by atoms with Crippen molar-refractivity contribution in [2.24, 2.45) is 0 Å². The van der Waals surface area contributed by atoms with Crippen molar-refractivity contribution in [3.8, 4) is 17.2 Å². The van der Waals surface area contributed by atoms with Crippen LogP contribution in [0, 0.1) is 0 Å². The van der Waals surface area contributed by atoms with Crippen LogP contribution in [0.15, 0.2) is 48.5 Å². The molecule has 1 heterocycles. The number of ether oxygens (including phenoxy) is 2. The predicted octanol–water partition coefficient (Wildman–Crippen LogP) is 2.07. The van der Waals surface area contributed by atoms with E-state index in [1.54, 1.807) is 47.1 Å². The number of amides is 2. The maximum absolute atomic E-state index is 12.8. The van der Waals surface area contributed by atoms with Crippen LogP contribution in [0.3, 0.4) is 0 Å². The highest BCUT2D eigenvalue weighted by atomic mass is 16.5. The maximum atomic E-state index is 12.8. The Morgan fingerprint density at radius 1 is 0.933 bits per heavy atom. The van der Waals surface area contributed by atoms with Crippen LogP contribution in [0.1, 0.15) is 24.2 Å². The lowest BCUT2D eigenvalue weighted by atomic mass is 10.1. The first-order valence-corrected chi connectivity index (χ1v) is 9.65. The normalized spacial score (nSPS) is 14.7. The quantitative estimate of drug-likeness (QED) is 0.597. The van der Waals surface area contributed by atoms with Gasteiger partial charge in [0.1, 0.15) is 17.2 Å². The molecule has 2 amide bonds. The van der Waals surface area contributed by atoms with Crippen LogP contribution in [0.25, 0.3) is 0 Å². The van der Waals surface area contributed by atoms with Gasteiger partial charge in [0.2, 0.25) is 0 Å². The summed E-state index contributed by atoms with van der Waals surface area (Å²) in [6.45, 7) is 4.57. The molecule has 1 unspecified atom stereocenters. The van der Waals surface area contributed by atoms with Crippen molar-refractivity contribution in [3.63, 3.8) is 0 Å². The molecule has 1 N–H and O–H groups in total. The summed E-state index contributed by atoms with van der Waals surface area (Å²) in [5.74, 6) is 0.157. The molecule has 0 aliphatic carbocycles. The lowest BCUT2D eigenvalue weighted by Gasteiger charge is -2.36.